The molecule has 0 saturated carbocycles. The second kappa shape index (κ2) is 4.75. The highest BCUT2D eigenvalue weighted by Gasteiger charge is 2.14. The number of hydrogen-bond acceptors (Lipinski definition) is 6. The predicted molar refractivity (Wildman–Crippen MR) is 74.1 cm³/mol. The first-order valence-electron chi connectivity index (χ1n) is 6.03. The zero-order valence-corrected chi connectivity index (χ0v) is 11.7. The van der Waals surface area contributed by atoms with E-state index in [1.54, 1.807) is 0 Å². The van der Waals surface area contributed by atoms with Crippen LogP contribution in [-0.4, -0.2) is 31.0 Å². The van der Waals surface area contributed by atoms with Crippen molar-refractivity contribution in [1.82, 2.24) is 19.7 Å². The molecule has 0 bridgehead atoms. The molecule has 2 aromatic heterocycles. The highest BCUT2D eigenvalue weighted by atomic mass is 32.2. The number of fused-ring (bicyclic) bond motifs is 3. The van der Waals surface area contributed by atoms with E-state index in [1.165, 1.54) is 6.92 Å². The number of rotatable bonds is 3. The van der Waals surface area contributed by atoms with Crippen LogP contribution in [0.15, 0.2) is 29.4 Å². The highest BCUT2D eigenvalue weighted by molar-refractivity contribution is 8.00. The fraction of sp³-hybridized carbons (Fsp3) is 0.231. The maximum atomic E-state index is 10.8. The number of nitrogens with zero attached hydrogens (tertiary/aromatic N) is 4. The first kappa shape index (κ1) is 12.9. The van der Waals surface area contributed by atoms with Crippen LogP contribution < -0.4 is 5.11 Å². The van der Waals surface area contributed by atoms with Gasteiger partial charge in [-0.2, -0.15) is 0 Å². The van der Waals surface area contributed by atoms with E-state index >= 15 is 0 Å². The lowest BCUT2D eigenvalue weighted by Gasteiger charge is -2.09. The fourth-order valence-corrected chi connectivity index (χ4v) is 2.69. The molecule has 102 valence electrons. The first-order chi connectivity index (χ1) is 9.58. The molecule has 0 fully saturated rings. The summed E-state index contributed by atoms with van der Waals surface area (Å²) >= 11 is 1.03. The van der Waals surface area contributed by atoms with Crippen LogP contribution in [0.3, 0.4) is 0 Å². The number of hydrogen-bond donors (Lipinski definition) is 0. The minimum absolute atomic E-state index is 0.333. The molecule has 0 aliphatic rings. The lowest BCUT2D eigenvalue weighted by atomic mass is 10.2. The zero-order chi connectivity index (χ0) is 14.3. The van der Waals surface area contributed by atoms with Gasteiger partial charge in [0.25, 0.3) is 0 Å². The van der Waals surface area contributed by atoms with Gasteiger partial charge in [-0.3, -0.25) is 0 Å². The van der Waals surface area contributed by atoms with Crippen LogP contribution in [0.1, 0.15) is 6.92 Å². The van der Waals surface area contributed by atoms with E-state index in [0.29, 0.717) is 16.3 Å². The van der Waals surface area contributed by atoms with Crippen molar-refractivity contribution in [2.24, 2.45) is 7.05 Å². The van der Waals surface area contributed by atoms with Gasteiger partial charge < -0.3 is 14.5 Å². The van der Waals surface area contributed by atoms with Crippen LogP contribution in [0.4, 0.5) is 0 Å². The normalized spacial score (nSPS) is 12.9. The maximum Gasteiger partial charge on any atom is 0.211 e. The molecule has 0 aliphatic heterocycles. The van der Waals surface area contributed by atoms with Gasteiger partial charge in [-0.15, -0.1) is 10.2 Å². The quantitative estimate of drug-likeness (QED) is 0.661. The first-order valence-corrected chi connectivity index (χ1v) is 6.91. The summed E-state index contributed by atoms with van der Waals surface area (Å²) in [5.74, 6) is -1.14. The molecule has 20 heavy (non-hydrogen) atoms. The van der Waals surface area contributed by atoms with Crippen LogP contribution in [-0.2, 0) is 11.8 Å². The van der Waals surface area contributed by atoms with E-state index < -0.39 is 11.2 Å². The summed E-state index contributed by atoms with van der Waals surface area (Å²) in [6.45, 7) is 1.54. The van der Waals surface area contributed by atoms with Gasteiger partial charge in [-0.05, 0) is 13.0 Å². The van der Waals surface area contributed by atoms with Gasteiger partial charge in [0.2, 0.25) is 5.16 Å². The van der Waals surface area contributed by atoms with E-state index in [1.807, 2.05) is 35.9 Å². The third-order valence-electron chi connectivity index (χ3n) is 3.10. The predicted octanol–water partition coefficient (Wildman–Crippen LogP) is 0.747. The van der Waals surface area contributed by atoms with Crippen molar-refractivity contribution in [3.8, 4) is 0 Å². The molecule has 0 unspecified atom stereocenters. The molecule has 0 saturated heterocycles. The van der Waals surface area contributed by atoms with Gasteiger partial charge in [0.1, 0.15) is 5.52 Å². The van der Waals surface area contributed by atoms with E-state index in [2.05, 4.69) is 15.2 Å². The van der Waals surface area contributed by atoms with E-state index in [9.17, 15) is 9.90 Å². The number of thioether (sulfide) groups is 1. The molecule has 7 heteroatoms. The third kappa shape index (κ3) is 2.00. The Morgan fingerprint density at radius 1 is 1.35 bits per heavy atom. The molecule has 6 nitrogen and oxygen atoms in total. The molecule has 2 heterocycles. The fourth-order valence-electron chi connectivity index (χ4n) is 2.05. The Morgan fingerprint density at radius 2 is 2.10 bits per heavy atom. The van der Waals surface area contributed by atoms with Crippen molar-refractivity contribution in [1.29, 1.82) is 0 Å². The summed E-state index contributed by atoms with van der Waals surface area (Å²) < 4.78 is 1.92. The van der Waals surface area contributed by atoms with Gasteiger partial charge in [-0.1, -0.05) is 30.0 Å². The van der Waals surface area contributed by atoms with Crippen LogP contribution in [0.2, 0.25) is 0 Å². The second-order valence-corrected chi connectivity index (χ2v) is 5.73. The van der Waals surface area contributed by atoms with Crippen LogP contribution in [0.25, 0.3) is 22.1 Å². The number of aromatic nitrogens is 4. The van der Waals surface area contributed by atoms with Crippen LogP contribution >= 0.6 is 11.8 Å². The summed E-state index contributed by atoms with van der Waals surface area (Å²) in [4.78, 5) is 15.2. The van der Waals surface area contributed by atoms with Gasteiger partial charge >= 0.3 is 0 Å². The molecule has 0 aliphatic carbocycles. The topological polar surface area (TPSA) is 83.7 Å². The lowest BCUT2D eigenvalue weighted by molar-refractivity contribution is -0.304. The maximum absolute atomic E-state index is 10.8. The average molecular weight is 287 g/mol. The van der Waals surface area contributed by atoms with E-state index in [4.69, 9.17) is 0 Å². The highest BCUT2D eigenvalue weighted by Crippen LogP contribution is 2.26. The molecule has 0 N–H and O–H groups in total. The summed E-state index contributed by atoms with van der Waals surface area (Å²) in [6, 6.07) is 7.83. The molecule has 3 rings (SSSR count). The number of benzene rings is 1. The molecule has 1 atom stereocenters. The van der Waals surface area contributed by atoms with Crippen molar-refractivity contribution >= 4 is 39.8 Å². The minimum atomic E-state index is -1.14. The van der Waals surface area contributed by atoms with E-state index in [0.717, 1.165) is 22.7 Å². The van der Waals surface area contributed by atoms with Crippen molar-refractivity contribution in [3.05, 3.63) is 24.3 Å². The Bertz CT molecular complexity index is 815. The van der Waals surface area contributed by atoms with Gasteiger partial charge in [0.05, 0.1) is 11.5 Å². The average Bonchev–Trinajstić information content (AvgIpc) is 2.73. The lowest BCUT2D eigenvalue weighted by Crippen LogP contribution is -2.31. The molecular weight excluding hydrogens is 276 g/mol. The van der Waals surface area contributed by atoms with Crippen molar-refractivity contribution in [3.63, 3.8) is 0 Å². The number of para-hydroxylation sites is 1. The van der Waals surface area contributed by atoms with E-state index in [-0.39, 0.29) is 0 Å². The standard InChI is InChI=1S/C13H12N4O2S/c1-7(12(18)19)20-13-14-11-10(15-16-13)8-5-3-4-6-9(8)17(11)2/h3-7H,1-2H3,(H,18,19)/p-1/t7-/m1/s1. The Balaban J connectivity index is 2.14. The molecule has 0 spiro atoms. The number of carboxylic acid groups (broad SMARTS) is 1. The van der Waals surface area contributed by atoms with Gasteiger partial charge in [-0.25, -0.2) is 4.98 Å². The minimum Gasteiger partial charge on any atom is -0.549 e. The molecule has 3 aromatic rings. The largest absolute Gasteiger partial charge is 0.549 e. The number of aliphatic carboxylic acids is 1. The SMILES string of the molecule is C[C@@H](Sc1nnc2c3ccccc3n(C)c2n1)C(=O)[O-]. The molecule has 0 radical (unpaired) electrons. The number of carbonyl (C=O) groups excluding carboxylic acids is 1. The monoisotopic (exact) mass is 287 g/mol. The number of aryl methyl sites for hydroxylation is 1. The van der Waals surface area contributed by atoms with Gasteiger partial charge in [0.15, 0.2) is 5.65 Å². The second-order valence-electron chi connectivity index (χ2n) is 4.42. The zero-order valence-electron chi connectivity index (χ0n) is 10.9. The summed E-state index contributed by atoms with van der Waals surface area (Å²) in [6.07, 6.45) is 0. The Kier molecular flexibility index (Phi) is 3.06. The molecule has 1 aromatic carbocycles. The smallest absolute Gasteiger partial charge is 0.211 e. The number of carboxylic acids is 1. The summed E-state index contributed by atoms with van der Waals surface area (Å²) in [7, 11) is 1.90. The summed E-state index contributed by atoms with van der Waals surface area (Å²) in [5.41, 5.74) is 2.42. The Labute approximate surface area is 118 Å². The number of carbonyl (C=O) groups is 1. The van der Waals surface area contributed by atoms with Gasteiger partial charge in [0, 0.05) is 17.7 Å². The molecule has 0 amide bonds. The van der Waals surface area contributed by atoms with Crippen molar-refractivity contribution in [2.45, 2.75) is 17.3 Å². The third-order valence-corrected chi connectivity index (χ3v) is 4.03. The van der Waals surface area contributed by atoms with Crippen LogP contribution in [0.5, 0.6) is 0 Å². The Hall–Kier alpha value is -2.15. The van der Waals surface area contributed by atoms with Crippen molar-refractivity contribution < 1.29 is 9.90 Å². The Morgan fingerprint density at radius 3 is 2.85 bits per heavy atom. The van der Waals surface area contributed by atoms with Crippen molar-refractivity contribution in [2.75, 3.05) is 0 Å². The van der Waals surface area contributed by atoms with Crippen LogP contribution in [0, 0.1) is 0 Å². The molecular formula is C13H11N4O2S-. The summed E-state index contributed by atoms with van der Waals surface area (Å²) in [5, 5.41) is 19.5.